The summed E-state index contributed by atoms with van der Waals surface area (Å²) in [6.07, 6.45) is 1.92. The molecule has 0 N–H and O–H groups in total. The molecule has 1 aromatic rings. The number of cyclic esters (lactones) is 1. The Morgan fingerprint density at radius 2 is 2.00 bits per heavy atom. The Hall–Kier alpha value is -2.14. The molecule has 1 aromatic carbocycles. The van der Waals surface area contributed by atoms with E-state index in [0.29, 0.717) is 12.0 Å². The molecule has 5 nitrogen and oxygen atoms in total. The lowest BCUT2D eigenvalue weighted by molar-refractivity contribution is -0.170. The molecule has 0 saturated heterocycles. The van der Waals surface area contributed by atoms with E-state index < -0.39 is 17.5 Å². The van der Waals surface area contributed by atoms with Gasteiger partial charge in [0, 0.05) is 0 Å². The van der Waals surface area contributed by atoms with E-state index in [0.717, 1.165) is 5.56 Å². The molecule has 0 radical (unpaired) electrons. The van der Waals surface area contributed by atoms with Crippen LogP contribution in [0.2, 0.25) is 0 Å². The molecule has 1 unspecified atom stereocenters. The van der Waals surface area contributed by atoms with Crippen LogP contribution in [0.25, 0.3) is 0 Å². The van der Waals surface area contributed by atoms with Crippen LogP contribution in [0, 0.1) is 0 Å². The van der Waals surface area contributed by atoms with Gasteiger partial charge in [-0.3, -0.25) is 0 Å². The van der Waals surface area contributed by atoms with Gasteiger partial charge in [0.25, 0.3) is 0 Å². The molecular formula is C17H20O5. The maximum absolute atomic E-state index is 12.2. The molecule has 0 fully saturated rings. The molecule has 1 aliphatic heterocycles. The molecule has 0 spiro atoms. The molecule has 1 aliphatic rings. The van der Waals surface area contributed by atoms with Crippen LogP contribution < -0.4 is 0 Å². The third-order valence-electron chi connectivity index (χ3n) is 3.51. The van der Waals surface area contributed by atoms with Crippen molar-refractivity contribution in [3.63, 3.8) is 0 Å². The van der Waals surface area contributed by atoms with Crippen LogP contribution in [-0.4, -0.2) is 30.8 Å². The normalized spacial score (nSPS) is 21.0. The molecule has 0 bridgehead atoms. The lowest BCUT2D eigenvalue weighted by atomic mass is 9.95. The second kappa shape index (κ2) is 7.22. The monoisotopic (exact) mass is 304 g/mol. The van der Waals surface area contributed by atoms with Crippen molar-refractivity contribution in [3.8, 4) is 0 Å². The van der Waals surface area contributed by atoms with Crippen molar-refractivity contribution >= 4 is 11.9 Å². The fraction of sp³-hybridized carbons (Fsp3) is 0.412. The summed E-state index contributed by atoms with van der Waals surface area (Å²) < 4.78 is 15.9. The standard InChI is InChI=1S/C17H20O5/c1-3-17(22-11-13-8-6-5-7-9-13)10-14(12-21-16(17)19)15(18)20-4-2/h5-10H,3-4,11-12H2,1-2H3. The smallest absolute Gasteiger partial charge is 0.342 e. The predicted molar refractivity (Wildman–Crippen MR) is 79.9 cm³/mol. The summed E-state index contributed by atoms with van der Waals surface area (Å²) >= 11 is 0. The summed E-state index contributed by atoms with van der Waals surface area (Å²) in [5.74, 6) is -0.949. The topological polar surface area (TPSA) is 61.8 Å². The minimum atomic E-state index is -1.24. The summed E-state index contributed by atoms with van der Waals surface area (Å²) in [5, 5.41) is 0. The number of hydrogen-bond acceptors (Lipinski definition) is 5. The van der Waals surface area contributed by atoms with E-state index in [1.165, 1.54) is 0 Å². The van der Waals surface area contributed by atoms with Crippen LogP contribution in [-0.2, 0) is 30.4 Å². The minimum absolute atomic E-state index is 0.0753. The Bertz CT molecular complexity index is 564. The highest BCUT2D eigenvalue weighted by molar-refractivity contribution is 5.94. The van der Waals surface area contributed by atoms with Crippen molar-refractivity contribution < 1.29 is 23.8 Å². The zero-order valence-electron chi connectivity index (χ0n) is 12.8. The first-order chi connectivity index (χ1) is 10.6. The number of benzene rings is 1. The molecule has 1 atom stereocenters. The molecule has 0 amide bonds. The Balaban J connectivity index is 2.19. The molecule has 22 heavy (non-hydrogen) atoms. The van der Waals surface area contributed by atoms with Gasteiger partial charge in [-0.2, -0.15) is 0 Å². The number of esters is 2. The summed E-state index contributed by atoms with van der Waals surface area (Å²) in [4.78, 5) is 24.0. The number of carbonyl (C=O) groups excluding carboxylic acids is 2. The zero-order valence-corrected chi connectivity index (χ0v) is 12.8. The average Bonchev–Trinajstić information content (AvgIpc) is 2.55. The largest absolute Gasteiger partial charge is 0.463 e. The van der Waals surface area contributed by atoms with Gasteiger partial charge in [-0.25, -0.2) is 9.59 Å². The highest BCUT2D eigenvalue weighted by atomic mass is 16.6. The molecule has 118 valence electrons. The Morgan fingerprint density at radius 1 is 1.27 bits per heavy atom. The van der Waals surface area contributed by atoms with Gasteiger partial charge in [0.15, 0.2) is 5.60 Å². The van der Waals surface area contributed by atoms with Gasteiger partial charge in [0.05, 0.1) is 18.8 Å². The lowest BCUT2D eigenvalue weighted by Gasteiger charge is -2.31. The lowest BCUT2D eigenvalue weighted by Crippen LogP contribution is -2.45. The van der Waals surface area contributed by atoms with Crippen molar-refractivity contribution in [2.45, 2.75) is 32.5 Å². The second-order valence-corrected chi connectivity index (χ2v) is 4.98. The van der Waals surface area contributed by atoms with E-state index in [1.54, 1.807) is 13.0 Å². The Kier molecular flexibility index (Phi) is 5.33. The summed E-state index contributed by atoms with van der Waals surface area (Å²) in [6.45, 7) is 4.00. The van der Waals surface area contributed by atoms with Crippen LogP contribution in [0.15, 0.2) is 42.0 Å². The predicted octanol–water partition coefficient (Wildman–Crippen LogP) is 2.40. The first kappa shape index (κ1) is 16.2. The molecule has 0 saturated carbocycles. The highest BCUT2D eigenvalue weighted by Crippen LogP contribution is 2.28. The fourth-order valence-electron chi connectivity index (χ4n) is 2.22. The van der Waals surface area contributed by atoms with Crippen molar-refractivity contribution in [2.75, 3.05) is 13.2 Å². The first-order valence-electron chi connectivity index (χ1n) is 7.35. The van der Waals surface area contributed by atoms with Crippen LogP contribution in [0.4, 0.5) is 0 Å². The van der Waals surface area contributed by atoms with Crippen LogP contribution in [0.3, 0.4) is 0 Å². The van der Waals surface area contributed by atoms with Crippen molar-refractivity contribution in [1.82, 2.24) is 0 Å². The number of hydrogen-bond donors (Lipinski definition) is 0. The van der Waals surface area contributed by atoms with E-state index in [1.807, 2.05) is 37.3 Å². The van der Waals surface area contributed by atoms with Crippen molar-refractivity contribution in [2.24, 2.45) is 0 Å². The molecule has 0 aliphatic carbocycles. The number of ether oxygens (including phenoxy) is 3. The van der Waals surface area contributed by atoms with Crippen LogP contribution in [0.1, 0.15) is 25.8 Å². The van der Waals surface area contributed by atoms with Crippen LogP contribution >= 0.6 is 0 Å². The van der Waals surface area contributed by atoms with E-state index in [-0.39, 0.29) is 19.8 Å². The van der Waals surface area contributed by atoms with Crippen molar-refractivity contribution in [1.29, 1.82) is 0 Å². The zero-order chi connectivity index (χ0) is 16.0. The summed E-state index contributed by atoms with van der Waals surface area (Å²) in [5.41, 5.74) is 0.0204. The van der Waals surface area contributed by atoms with Gasteiger partial charge in [-0.15, -0.1) is 0 Å². The van der Waals surface area contributed by atoms with E-state index in [9.17, 15) is 9.59 Å². The molecule has 0 aromatic heterocycles. The highest BCUT2D eigenvalue weighted by Gasteiger charge is 2.42. The molecular weight excluding hydrogens is 284 g/mol. The number of rotatable bonds is 6. The van der Waals surface area contributed by atoms with Crippen molar-refractivity contribution in [3.05, 3.63) is 47.5 Å². The van der Waals surface area contributed by atoms with E-state index >= 15 is 0 Å². The third-order valence-corrected chi connectivity index (χ3v) is 3.51. The summed E-state index contributed by atoms with van der Waals surface area (Å²) in [7, 11) is 0. The summed E-state index contributed by atoms with van der Waals surface area (Å²) in [6, 6.07) is 9.53. The Labute approximate surface area is 129 Å². The van der Waals surface area contributed by atoms with Crippen LogP contribution in [0.5, 0.6) is 0 Å². The maximum Gasteiger partial charge on any atom is 0.342 e. The number of carbonyl (C=O) groups is 2. The molecule has 2 rings (SSSR count). The average molecular weight is 304 g/mol. The maximum atomic E-state index is 12.2. The third kappa shape index (κ3) is 3.54. The van der Waals surface area contributed by atoms with Gasteiger partial charge in [0.2, 0.25) is 0 Å². The molecule has 1 heterocycles. The van der Waals surface area contributed by atoms with Gasteiger partial charge in [-0.1, -0.05) is 37.3 Å². The SMILES string of the molecule is CCOC(=O)C1=CC(CC)(OCc2ccccc2)C(=O)OC1. The second-order valence-electron chi connectivity index (χ2n) is 4.98. The first-order valence-corrected chi connectivity index (χ1v) is 7.35. The van der Waals surface area contributed by atoms with Gasteiger partial charge < -0.3 is 14.2 Å². The minimum Gasteiger partial charge on any atom is -0.463 e. The van der Waals surface area contributed by atoms with Gasteiger partial charge >= 0.3 is 11.9 Å². The fourth-order valence-corrected chi connectivity index (χ4v) is 2.22. The van der Waals surface area contributed by atoms with Gasteiger partial charge in [0.1, 0.15) is 6.61 Å². The van der Waals surface area contributed by atoms with E-state index in [4.69, 9.17) is 14.2 Å². The van der Waals surface area contributed by atoms with Gasteiger partial charge in [-0.05, 0) is 25.0 Å². The van der Waals surface area contributed by atoms with E-state index in [2.05, 4.69) is 0 Å². The quantitative estimate of drug-likeness (QED) is 0.755. The Morgan fingerprint density at radius 3 is 2.64 bits per heavy atom. The molecule has 5 heteroatoms.